The smallest absolute Gasteiger partial charge is 0.315 e. The Morgan fingerprint density at radius 3 is 3.00 bits per heavy atom. The van der Waals surface area contributed by atoms with Crippen LogP contribution >= 0.6 is 11.3 Å². The first kappa shape index (κ1) is 12.9. The van der Waals surface area contributed by atoms with E-state index >= 15 is 0 Å². The molecule has 0 unspecified atom stereocenters. The predicted molar refractivity (Wildman–Crippen MR) is 73.3 cm³/mol. The summed E-state index contributed by atoms with van der Waals surface area (Å²) in [6, 6.07) is 4.23. The van der Waals surface area contributed by atoms with Crippen LogP contribution in [0.3, 0.4) is 0 Å². The highest BCUT2D eigenvalue weighted by atomic mass is 32.1. The number of carbonyl (C=O) groups excluding carboxylic acids is 1. The van der Waals surface area contributed by atoms with E-state index in [-0.39, 0.29) is 6.03 Å². The van der Waals surface area contributed by atoms with Gasteiger partial charge in [0.05, 0.1) is 18.0 Å². The predicted octanol–water partition coefficient (Wildman–Crippen LogP) is 1.41. The Bertz CT molecular complexity index is 468. The van der Waals surface area contributed by atoms with Crippen molar-refractivity contribution in [3.8, 4) is 11.8 Å². The maximum atomic E-state index is 11.5. The summed E-state index contributed by atoms with van der Waals surface area (Å²) in [7, 11) is 0. The van der Waals surface area contributed by atoms with Gasteiger partial charge in [0.25, 0.3) is 0 Å². The highest BCUT2D eigenvalue weighted by Crippen LogP contribution is 2.18. The van der Waals surface area contributed by atoms with Crippen LogP contribution in [0.2, 0.25) is 0 Å². The second-order valence-electron chi connectivity index (χ2n) is 4.23. The van der Waals surface area contributed by atoms with Gasteiger partial charge in [0.2, 0.25) is 0 Å². The molecule has 1 heterocycles. The number of urea groups is 1. The highest BCUT2D eigenvalue weighted by molar-refractivity contribution is 7.12. The van der Waals surface area contributed by atoms with E-state index in [1.165, 1.54) is 6.42 Å². The molecule has 0 saturated heterocycles. The van der Waals surface area contributed by atoms with Crippen LogP contribution in [0.1, 0.15) is 29.0 Å². The van der Waals surface area contributed by atoms with Gasteiger partial charge in [0.1, 0.15) is 0 Å². The van der Waals surface area contributed by atoms with E-state index in [1.807, 2.05) is 12.1 Å². The van der Waals surface area contributed by atoms with Gasteiger partial charge in [-0.05, 0) is 31.4 Å². The van der Waals surface area contributed by atoms with Gasteiger partial charge in [0.15, 0.2) is 0 Å². The lowest BCUT2D eigenvalue weighted by molar-refractivity contribution is 0.228. The topological polar surface area (TPSA) is 67.1 Å². The molecule has 4 nitrogen and oxygen atoms in total. The van der Waals surface area contributed by atoms with Crippen molar-refractivity contribution in [3.63, 3.8) is 0 Å². The molecule has 0 atom stereocenters. The first-order chi connectivity index (χ1) is 8.78. The number of hydrogen-bond acceptors (Lipinski definition) is 3. The van der Waals surface area contributed by atoms with Crippen LogP contribution in [0.5, 0.6) is 0 Å². The summed E-state index contributed by atoms with van der Waals surface area (Å²) in [6.45, 7) is 0.919. The third kappa shape index (κ3) is 3.76. The molecule has 4 N–H and O–H groups in total. The van der Waals surface area contributed by atoms with Crippen molar-refractivity contribution in [2.75, 3.05) is 6.54 Å². The van der Waals surface area contributed by atoms with E-state index in [4.69, 9.17) is 5.73 Å². The Kier molecular flexibility index (Phi) is 4.62. The zero-order valence-corrected chi connectivity index (χ0v) is 11.0. The lowest BCUT2D eigenvalue weighted by Crippen LogP contribution is -2.44. The standard InChI is InChI=1S/C13H17N3OS/c14-8-2-5-11-6-7-12(18-11)9-15-13(17)16-10-3-1-4-10/h6-7,10H,1,3-4,8-9,14H2,(H2,15,16,17). The fourth-order valence-electron chi connectivity index (χ4n) is 1.63. The normalized spacial score (nSPS) is 14.3. The van der Waals surface area contributed by atoms with E-state index in [0.29, 0.717) is 19.1 Å². The molecule has 18 heavy (non-hydrogen) atoms. The Balaban J connectivity index is 1.75. The highest BCUT2D eigenvalue weighted by Gasteiger charge is 2.18. The molecule has 1 aliphatic rings. The molecule has 0 radical (unpaired) electrons. The minimum absolute atomic E-state index is 0.0808. The van der Waals surface area contributed by atoms with Gasteiger partial charge in [0, 0.05) is 10.9 Å². The number of thiophene rings is 1. The fourth-order valence-corrected chi connectivity index (χ4v) is 2.46. The van der Waals surface area contributed by atoms with E-state index in [9.17, 15) is 4.79 Å². The molecule has 0 spiro atoms. The molecule has 0 aliphatic heterocycles. The van der Waals surface area contributed by atoms with Gasteiger partial charge in [-0.25, -0.2) is 4.79 Å². The minimum Gasteiger partial charge on any atom is -0.335 e. The number of carbonyl (C=O) groups is 1. The Hall–Kier alpha value is -1.51. The van der Waals surface area contributed by atoms with E-state index in [2.05, 4.69) is 22.5 Å². The molecule has 1 aromatic rings. The van der Waals surface area contributed by atoms with Crippen LogP contribution in [0.4, 0.5) is 4.79 Å². The molecule has 1 fully saturated rings. The van der Waals surface area contributed by atoms with Gasteiger partial charge in [-0.3, -0.25) is 0 Å². The van der Waals surface area contributed by atoms with E-state index in [1.54, 1.807) is 11.3 Å². The van der Waals surface area contributed by atoms with Crippen LogP contribution in [0.25, 0.3) is 0 Å². The Labute approximate surface area is 111 Å². The maximum Gasteiger partial charge on any atom is 0.315 e. The zero-order valence-electron chi connectivity index (χ0n) is 10.2. The molecular weight excluding hydrogens is 246 g/mol. The summed E-state index contributed by atoms with van der Waals surface area (Å²) in [5.74, 6) is 5.79. The van der Waals surface area contributed by atoms with Gasteiger partial charge in [-0.15, -0.1) is 11.3 Å². The summed E-state index contributed by atoms with van der Waals surface area (Å²) >= 11 is 1.58. The number of nitrogens with two attached hydrogens (primary N) is 1. The monoisotopic (exact) mass is 263 g/mol. The van der Waals surface area contributed by atoms with Crippen molar-refractivity contribution in [2.24, 2.45) is 5.73 Å². The summed E-state index contributed by atoms with van der Waals surface area (Å²) in [4.78, 5) is 13.6. The van der Waals surface area contributed by atoms with E-state index in [0.717, 1.165) is 22.6 Å². The van der Waals surface area contributed by atoms with Crippen molar-refractivity contribution < 1.29 is 4.79 Å². The van der Waals surface area contributed by atoms with Crippen molar-refractivity contribution in [1.29, 1.82) is 0 Å². The number of rotatable bonds is 3. The van der Waals surface area contributed by atoms with Gasteiger partial charge in [-0.1, -0.05) is 11.8 Å². The van der Waals surface area contributed by atoms with E-state index < -0.39 is 0 Å². The third-order valence-corrected chi connectivity index (χ3v) is 3.84. The summed E-state index contributed by atoms with van der Waals surface area (Å²) < 4.78 is 0. The van der Waals surface area contributed by atoms with Crippen molar-refractivity contribution >= 4 is 17.4 Å². The van der Waals surface area contributed by atoms with Crippen LogP contribution in [0, 0.1) is 11.8 Å². The molecule has 0 bridgehead atoms. The SMILES string of the molecule is NCC#Cc1ccc(CNC(=O)NC2CCC2)s1. The summed E-state index contributed by atoms with van der Waals surface area (Å²) in [5, 5.41) is 5.79. The molecule has 0 aromatic carbocycles. The first-order valence-corrected chi connectivity index (χ1v) is 6.91. The number of hydrogen-bond donors (Lipinski definition) is 3. The van der Waals surface area contributed by atoms with Crippen LogP contribution in [-0.4, -0.2) is 18.6 Å². The van der Waals surface area contributed by atoms with Crippen LogP contribution in [-0.2, 0) is 6.54 Å². The second kappa shape index (κ2) is 6.43. The first-order valence-electron chi connectivity index (χ1n) is 6.10. The largest absolute Gasteiger partial charge is 0.335 e. The molecule has 2 rings (SSSR count). The van der Waals surface area contributed by atoms with Gasteiger partial charge < -0.3 is 16.4 Å². The zero-order chi connectivity index (χ0) is 12.8. The molecule has 1 saturated carbocycles. The van der Waals surface area contributed by atoms with Crippen molar-refractivity contribution in [2.45, 2.75) is 31.8 Å². The van der Waals surface area contributed by atoms with Crippen LogP contribution in [0.15, 0.2) is 12.1 Å². The number of nitrogens with one attached hydrogen (secondary N) is 2. The molecule has 96 valence electrons. The average Bonchev–Trinajstić information content (AvgIpc) is 2.76. The second-order valence-corrected chi connectivity index (χ2v) is 5.40. The Morgan fingerprint density at radius 1 is 1.50 bits per heavy atom. The third-order valence-electron chi connectivity index (χ3n) is 2.84. The minimum atomic E-state index is -0.0808. The maximum absolute atomic E-state index is 11.5. The Morgan fingerprint density at radius 2 is 2.33 bits per heavy atom. The lowest BCUT2D eigenvalue weighted by Gasteiger charge is -2.26. The molecular formula is C13H17N3OS. The molecule has 1 aromatic heterocycles. The van der Waals surface area contributed by atoms with Crippen LogP contribution < -0.4 is 16.4 Å². The van der Waals surface area contributed by atoms with Crippen molar-refractivity contribution in [1.82, 2.24) is 10.6 Å². The molecule has 1 aliphatic carbocycles. The average molecular weight is 263 g/mol. The van der Waals surface area contributed by atoms with Crippen molar-refractivity contribution in [3.05, 3.63) is 21.9 Å². The molecule has 2 amide bonds. The molecule has 5 heteroatoms. The number of amides is 2. The quantitative estimate of drug-likeness (QED) is 0.722. The van der Waals surface area contributed by atoms with Gasteiger partial charge >= 0.3 is 6.03 Å². The summed E-state index contributed by atoms with van der Waals surface area (Å²) in [6.07, 6.45) is 3.43. The lowest BCUT2D eigenvalue weighted by atomic mass is 9.93. The summed E-state index contributed by atoms with van der Waals surface area (Å²) in [5.41, 5.74) is 5.31. The van der Waals surface area contributed by atoms with Gasteiger partial charge in [-0.2, -0.15) is 0 Å². The fraction of sp³-hybridized carbons (Fsp3) is 0.462.